The number of ether oxygens (including phenoxy) is 1. The maximum Gasteiger partial charge on any atom is 0.227 e. The van der Waals surface area contributed by atoms with Crippen molar-refractivity contribution < 1.29 is 9.53 Å². The van der Waals surface area contributed by atoms with E-state index >= 15 is 0 Å². The minimum atomic E-state index is 0.210. The third kappa shape index (κ3) is 2.83. The number of carbonyl (C=O) groups is 1. The van der Waals surface area contributed by atoms with Crippen molar-refractivity contribution in [2.75, 3.05) is 18.6 Å². The third-order valence-electron chi connectivity index (χ3n) is 5.54. The molecule has 3 fully saturated rings. The van der Waals surface area contributed by atoms with Gasteiger partial charge in [0.2, 0.25) is 5.91 Å². The summed E-state index contributed by atoms with van der Waals surface area (Å²) >= 11 is 0. The summed E-state index contributed by atoms with van der Waals surface area (Å²) in [5, 5.41) is 7.47. The number of methoxy groups -OCH3 is 1. The molecule has 0 bridgehead atoms. The van der Waals surface area contributed by atoms with E-state index in [-0.39, 0.29) is 12.1 Å². The predicted molar refractivity (Wildman–Crippen MR) is 89.6 cm³/mol. The summed E-state index contributed by atoms with van der Waals surface area (Å²) in [6.07, 6.45) is 6.04. The zero-order valence-electron chi connectivity index (χ0n) is 13.6. The van der Waals surface area contributed by atoms with Crippen LogP contribution >= 0.6 is 0 Å². The summed E-state index contributed by atoms with van der Waals surface area (Å²) in [5.41, 5.74) is 0.937. The van der Waals surface area contributed by atoms with Gasteiger partial charge in [0.25, 0.3) is 0 Å². The summed E-state index contributed by atoms with van der Waals surface area (Å²) in [6.45, 7) is 0.774. The van der Waals surface area contributed by atoms with Gasteiger partial charge in [-0.2, -0.15) is 0 Å². The molecule has 1 amide bonds. The van der Waals surface area contributed by atoms with Crippen molar-refractivity contribution in [3.63, 3.8) is 0 Å². The van der Waals surface area contributed by atoms with Gasteiger partial charge in [0.15, 0.2) is 0 Å². The molecular formula is C18H25N3O2. The molecule has 0 radical (unpaired) electrons. The first-order valence-corrected chi connectivity index (χ1v) is 8.71. The first kappa shape index (κ1) is 15.0. The smallest absolute Gasteiger partial charge is 0.227 e. The lowest BCUT2D eigenvalue weighted by atomic mass is 9.92. The Labute approximate surface area is 137 Å². The van der Waals surface area contributed by atoms with E-state index in [4.69, 9.17) is 4.74 Å². The number of nitrogens with zero attached hydrogens (tertiary/aromatic N) is 1. The summed E-state index contributed by atoms with van der Waals surface area (Å²) in [7, 11) is 1.65. The zero-order chi connectivity index (χ0) is 15.8. The molecule has 2 aliphatic heterocycles. The lowest BCUT2D eigenvalue weighted by Gasteiger charge is -2.23. The maximum absolute atomic E-state index is 12.5. The minimum Gasteiger partial charge on any atom is -0.497 e. The van der Waals surface area contributed by atoms with Crippen molar-refractivity contribution >= 4 is 11.6 Å². The topological polar surface area (TPSA) is 53.6 Å². The van der Waals surface area contributed by atoms with Crippen LogP contribution in [0.5, 0.6) is 5.75 Å². The highest BCUT2D eigenvalue weighted by atomic mass is 16.5. The average molecular weight is 315 g/mol. The van der Waals surface area contributed by atoms with Crippen LogP contribution in [0.15, 0.2) is 24.3 Å². The van der Waals surface area contributed by atoms with Crippen molar-refractivity contribution in [2.24, 2.45) is 5.92 Å². The second-order valence-corrected chi connectivity index (χ2v) is 6.98. The van der Waals surface area contributed by atoms with Gasteiger partial charge in [-0.25, -0.2) is 0 Å². The van der Waals surface area contributed by atoms with Crippen LogP contribution in [0, 0.1) is 5.92 Å². The fraction of sp³-hybridized carbons (Fsp3) is 0.611. The Bertz CT molecular complexity index is 577. The van der Waals surface area contributed by atoms with Gasteiger partial charge >= 0.3 is 0 Å². The number of hydrogen-bond acceptors (Lipinski definition) is 4. The normalized spacial score (nSPS) is 33.8. The third-order valence-corrected chi connectivity index (χ3v) is 5.54. The molecule has 1 aromatic rings. The molecule has 3 unspecified atom stereocenters. The summed E-state index contributed by atoms with van der Waals surface area (Å²) in [4.78, 5) is 14.4. The number of amides is 1. The van der Waals surface area contributed by atoms with Gasteiger partial charge in [-0.05, 0) is 25.0 Å². The van der Waals surface area contributed by atoms with Gasteiger partial charge in [-0.1, -0.05) is 18.9 Å². The van der Waals surface area contributed by atoms with Crippen molar-refractivity contribution in [2.45, 2.75) is 50.4 Å². The Morgan fingerprint density at radius 1 is 1.17 bits per heavy atom. The minimum absolute atomic E-state index is 0.210. The second kappa shape index (κ2) is 6.13. The standard InChI is InChI=1S/C18H25N3O2/c1-23-14-6-4-5-13(10-14)21-11-12(9-17(21)22)18-19-15-7-2-3-8-16(15)20-18/h4-6,10,12,15-16,18-20H,2-3,7-9,11H2,1H3. The van der Waals surface area contributed by atoms with Crippen molar-refractivity contribution in [3.05, 3.63) is 24.3 Å². The number of fused-ring (bicyclic) bond motifs is 1. The Hall–Kier alpha value is -1.59. The Morgan fingerprint density at radius 3 is 2.61 bits per heavy atom. The highest BCUT2D eigenvalue weighted by Gasteiger charge is 2.42. The maximum atomic E-state index is 12.5. The number of nitrogens with one attached hydrogen (secondary N) is 2. The number of carbonyl (C=O) groups excluding carboxylic acids is 1. The predicted octanol–water partition coefficient (Wildman–Crippen LogP) is 1.88. The average Bonchev–Trinajstić information content (AvgIpc) is 3.18. The number of rotatable bonds is 3. The van der Waals surface area contributed by atoms with Crippen LogP contribution in [0.2, 0.25) is 0 Å². The largest absolute Gasteiger partial charge is 0.497 e. The van der Waals surface area contributed by atoms with Crippen LogP contribution < -0.4 is 20.3 Å². The van der Waals surface area contributed by atoms with E-state index in [2.05, 4.69) is 10.6 Å². The molecule has 23 heavy (non-hydrogen) atoms. The van der Waals surface area contributed by atoms with Gasteiger partial charge in [0, 0.05) is 42.7 Å². The molecule has 124 valence electrons. The van der Waals surface area contributed by atoms with Gasteiger partial charge in [0.05, 0.1) is 13.3 Å². The molecular weight excluding hydrogens is 290 g/mol. The van der Waals surface area contributed by atoms with Gasteiger partial charge in [0.1, 0.15) is 5.75 Å². The van der Waals surface area contributed by atoms with Crippen molar-refractivity contribution in [1.29, 1.82) is 0 Å². The molecule has 5 heteroatoms. The molecule has 2 heterocycles. The van der Waals surface area contributed by atoms with Crippen LogP contribution in [0.1, 0.15) is 32.1 Å². The summed E-state index contributed by atoms with van der Waals surface area (Å²) in [5.74, 6) is 1.34. The number of anilines is 1. The van der Waals surface area contributed by atoms with Gasteiger partial charge < -0.3 is 9.64 Å². The zero-order valence-corrected chi connectivity index (χ0v) is 13.6. The first-order chi connectivity index (χ1) is 11.2. The summed E-state index contributed by atoms with van der Waals surface area (Å²) < 4.78 is 5.28. The molecule has 1 aliphatic carbocycles. The molecule has 1 saturated carbocycles. The number of hydrogen-bond donors (Lipinski definition) is 2. The second-order valence-electron chi connectivity index (χ2n) is 6.98. The molecule has 2 N–H and O–H groups in total. The number of benzene rings is 1. The quantitative estimate of drug-likeness (QED) is 0.894. The molecule has 1 aromatic carbocycles. The van der Waals surface area contributed by atoms with Crippen LogP contribution in [0.4, 0.5) is 5.69 Å². The fourth-order valence-electron chi connectivity index (χ4n) is 4.30. The van der Waals surface area contributed by atoms with Crippen LogP contribution in [-0.4, -0.2) is 37.8 Å². The van der Waals surface area contributed by atoms with E-state index in [1.807, 2.05) is 29.2 Å². The SMILES string of the molecule is COc1cccc(N2CC(C3NC4CCCCC4N3)CC2=O)c1. The lowest BCUT2D eigenvalue weighted by molar-refractivity contribution is -0.117. The van der Waals surface area contributed by atoms with E-state index in [0.29, 0.717) is 24.4 Å². The van der Waals surface area contributed by atoms with Gasteiger partial charge in [-0.15, -0.1) is 0 Å². The van der Waals surface area contributed by atoms with Crippen LogP contribution in [-0.2, 0) is 4.79 Å². The van der Waals surface area contributed by atoms with E-state index < -0.39 is 0 Å². The van der Waals surface area contributed by atoms with E-state index in [9.17, 15) is 4.79 Å². The highest BCUT2D eigenvalue weighted by molar-refractivity contribution is 5.96. The monoisotopic (exact) mass is 315 g/mol. The van der Waals surface area contributed by atoms with E-state index in [1.165, 1.54) is 25.7 Å². The van der Waals surface area contributed by atoms with Crippen molar-refractivity contribution in [1.82, 2.24) is 10.6 Å². The summed E-state index contributed by atoms with van der Waals surface area (Å²) in [6, 6.07) is 8.96. The highest BCUT2D eigenvalue weighted by Crippen LogP contribution is 2.32. The van der Waals surface area contributed by atoms with E-state index in [0.717, 1.165) is 18.0 Å². The first-order valence-electron chi connectivity index (χ1n) is 8.71. The fourth-order valence-corrected chi connectivity index (χ4v) is 4.30. The molecule has 5 nitrogen and oxygen atoms in total. The van der Waals surface area contributed by atoms with Gasteiger partial charge in [-0.3, -0.25) is 15.4 Å². The van der Waals surface area contributed by atoms with E-state index in [1.54, 1.807) is 7.11 Å². The van der Waals surface area contributed by atoms with Crippen LogP contribution in [0.25, 0.3) is 0 Å². The Balaban J connectivity index is 1.46. The molecule has 0 aromatic heterocycles. The lowest BCUT2D eigenvalue weighted by Crippen LogP contribution is -2.41. The van der Waals surface area contributed by atoms with Crippen LogP contribution in [0.3, 0.4) is 0 Å². The Kier molecular flexibility index (Phi) is 3.99. The molecule has 3 aliphatic rings. The molecule has 0 spiro atoms. The molecule has 4 rings (SSSR count). The molecule has 3 atom stereocenters. The molecule has 2 saturated heterocycles. The Morgan fingerprint density at radius 2 is 1.91 bits per heavy atom. The van der Waals surface area contributed by atoms with Crippen molar-refractivity contribution in [3.8, 4) is 5.75 Å².